The lowest BCUT2D eigenvalue weighted by Crippen LogP contribution is -2.49. The fourth-order valence-corrected chi connectivity index (χ4v) is 2.33. The number of benzene rings is 1. The zero-order valence-corrected chi connectivity index (χ0v) is 12.7. The minimum absolute atomic E-state index is 0.100. The molecule has 1 aliphatic heterocycles. The van der Waals surface area contributed by atoms with Gasteiger partial charge < -0.3 is 20.4 Å². The quantitative estimate of drug-likeness (QED) is 0.781. The molecule has 4 amide bonds. The van der Waals surface area contributed by atoms with E-state index < -0.39 is 6.03 Å². The Hall–Kier alpha value is -3.29. The first kappa shape index (κ1) is 15.6. The molecule has 8 heteroatoms. The number of para-hydroxylation sites is 2. The molecule has 0 spiro atoms. The molecular weight excluding hydrogens is 312 g/mol. The van der Waals surface area contributed by atoms with Gasteiger partial charge in [0, 0.05) is 0 Å². The van der Waals surface area contributed by atoms with Gasteiger partial charge >= 0.3 is 6.03 Å². The Balaban J connectivity index is 1.55. The van der Waals surface area contributed by atoms with Crippen molar-refractivity contribution >= 4 is 29.2 Å². The first-order valence-corrected chi connectivity index (χ1v) is 7.37. The highest BCUT2D eigenvalue weighted by atomic mass is 16.3. The minimum atomic E-state index is -0.509. The van der Waals surface area contributed by atoms with Crippen molar-refractivity contribution in [2.45, 2.75) is 6.54 Å². The van der Waals surface area contributed by atoms with Crippen molar-refractivity contribution < 1.29 is 18.8 Å². The van der Waals surface area contributed by atoms with Crippen LogP contribution >= 0.6 is 0 Å². The third-order valence-electron chi connectivity index (χ3n) is 3.46. The van der Waals surface area contributed by atoms with Crippen LogP contribution in [0.15, 0.2) is 47.1 Å². The van der Waals surface area contributed by atoms with E-state index in [1.165, 1.54) is 11.2 Å². The standard InChI is InChI=1S/C16H16N4O4/c21-14(17-8-11-4-3-7-24-11)9-18-16(23)20-10-15(22)19-12-5-1-2-6-13(12)20/h1-7H,8-10H2,(H,17,21)(H,18,23)(H,19,22). The van der Waals surface area contributed by atoms with E-state index in [1.54, 1.807) is 36.4 Å². The van der Waals surface area contributed by atoms with Crippen molar-refractivity contribution in [1.82, 2.24) is 10.6 Å². The summed E-state index contributed by atoms with van der Waals surface area (Å²) < 4.78 is 5.10. The molecule has 8 nitrogen and oxygen atoms in total. The van der Waals surface area contributed by atoms with Crippen LogP contribution in [0, 0.1) is 0 Å². The maximum Gasteiger partial charge on any atom is 0.322 e. The zero-order valence-electron chi connectivity index (χ0n) is 12.7. The number of carbonyl (C=O) groups excluding carboxylic acids is 3. The highest BCUT2D eigenvalue weighted by molar-refractivity contribution is 6.09. The number of furan rings is 1. The highest BCUT2D eigenvalue weighted by Crippen LogP contribution is 2.28. The van der Waals surface area contributed by atoms with E-state index in [9.17, 15) is 14.4 Å². The normalized spacial score (nSPS) is 13.0. The fraction of sp³-hybridized carbons (Fsp3) is 0.188. The lowest BCUT2D eigenvalue weighted by molar-refractivity contribution is -0.120. The summed E-state index contributed by atoms with van der Waals surface area (Å²) in [6.45, 7) is -0.0483. The Morgan fingerprint density at radius 2 is 2.00 bits per heavy atom. The first-order chi connectivity index (χ1) is 11.6. The smallest absolute Gasteiger partial charge is 0.322 e. The Kier molecular flexibility index (Phi) is 4.46. The monoisotopic (exact) mass is 328 g/mol. The summed E-state index contributed by atoms with van der Waals surface area (Å²) in [6, 6.07) is 9.93. The summed E-state index contributed by atoms with van der Waals surface area (Å²) in [4.78, 5) is 37.0. The van der Waals surface area contributed by atoms with E-state index in [4.69, 9.17) is 4.42 Å². The van der Waals surface area contributed by atoms with Gasteiger partial charge in [-0.3, -0.25) is 14.5 Å². The van der Waals surface area contributed by atoms with Crippen LogP contribution < -0.4 is 20.9 Å². The summed E-state index contributed by atoms with van der Waals surface area (Å²) in [6.07, 6.45) is 1.52. The Morgan fingerprint density at radius 3 is 2.79 bits per heavy atom. The predicted octanol–water partition coefficient (Wildman–Crippen LogP) is 1.06. The van der Waals surface area contributed by atoms with Crippen molar-refractivity contribution in [2.75, 3.05) is 23.3 Å². The molecule has 0 atom stereocenters. The summed E-state index contributed by atoms with van der Waals surface area (Å²) >= 11 is 0. The number of fused-ring (bicyclic) bond motifs is 1. The lowest BCUT2D eigenvalue weighted by atomic mass is 10.2. The van der Waals surface area contributed by atoms with Gasteiger partial charge in [-0.2, -0.15) is 0 Å². The number of anilines is 2. The zero-order chi connectivity index (χ0) is 16.9. The van der Waals surface area contributed by atoms with E-state index in [-0.39, 0.29) is 31.4 Å². The van der Waals surface area contributed by atoms with Crippen LogP contribution in [0.5, 0.6) is 0 Å². The average molecular weight is 328 g/mol. The fourth-order valence-electron chi connectivity index (χ4n) is 2.33. The Morgan fingerprint density at radius 1 is 1.17 bits per heavy atom. The second-order valence-electron chi connectivity index (χ2n) is 5.17. The number of amides is 4. The third-order valence-corrected chi connectivity index (χ3v) is 3.46. The molecule has 0 saturated heterocycles. The summed E-state index contributed by atoms with van der Waals surface area (Å²) in [5.74, 6) is -0.0167. The van der Waals surface area contributed by atoms with Crippen molar-refractivity contribution in [2.24, 2.45) is 0 Å². The summed E-state index contributed by atoms with van der Waals surface area (Å²) in [5, 5.41) is 7.83. The maximum atomic E-state index is 12.3. The summed E-state index contributed by atoms with van der Waals surface area (Å²) in [5.41, 5.74) is 1.15. The van der Waals surface area contributed by atoms with Crippen LogP contribution in [0.4, 0.5) is 16.2 Å². The number of urea groups is 1. The molecule has 3 N–H and O–H groups in total. The number of carbonyl (C=O) groups is 3. The van der Waals surface area contributed by atoms with Gasteiger partial charge in [0.05, 0.1) is 30.7 Å². The number of nitrogens with one attached hydrogen (secondary N) is 3. The molecule has 2 aromatic rings. The van der Waals surface area contributed by atoms with E-state index in [0.29, 0.717) is 17.1 Å². The maximum absolute atomic E-state index is 12.3. The highest BCUT2D eigenvalue weighted by Gasteiger charge is 2.26. The molecule has 2 heterocycles. The van der Waals surface area contributed by atoms with E-state index >= 15 is 0 Å². The molecule has 0 bridgehead atoms. The topological polar surface area (TPSA) is 104 Å². The van der Waals surface area contributed by atoms with Gasteiger partial charge in [-0.15, -0.1) is 0 Å². The summed E-state index contributed by atoms with van der Waals surface area (Å²) in [7, 11) is 0. The molecule has 3 rings (SSSR count). The van der Waals surface area contributed by atoms with Crippen molar-refractivity contribution in [3.8, 4) is 0 Å². The Labute approximate surface area is 137 Å². The van der Waals surface area contributed by atoms with Crippen molar-refractivity contribution in [1.29, 1.82) is 0 Å². The second-order valence-corrected chi connectivity index (χ2v) is 5.17. The van der Waals surface area contributed by atoms with Crippen LogP contribution in [0.1, 0.15) is 5.76 Å². The van der Waals surface area contributed by atoms with Gasteiger partial charge in [-0.25, -0.2) is 4.79 Å². The molecule has 0 unspecified atom stereocenters. The number of hydrogen-bond acceptors (Lipinski definition) is 4. The minimum Gasteiger partial charge on any atom is -0.467 e. The Bertz CT molecular complexity index is 757. The van der Waals surface area contributed by atoms with Crippen molar-refractivity contribution in [3.05, 3.63) is 48.4 Å². The third kappa shape index (κ3) is 3.54. The SMILES string of the molecule is O=C(CNC(=O)N1CC(=O)Nc2ccccc21)NCc1ccco1. The van der Waals surface area contributed by atoms with Crippen LogP contribution in [0.25, 0.3) is 0 Å². The van der Waals surface area contributed by atoms with Crippen LogP contribution in [0.2, 0.25) is 0 Å². The predicted molar refractivity (Wildman–Crippen MR) is 86.4 cm³/mol. The van der Waals surface area contributed by atoms with Crippen LogP contribution in [-0.2, 0) is 16.1 Å². The molecular formula is C16H16N4O4. The van der Waals surface area contributed by atoms with Gasteiger partial charge in [0.1, 0.15) is 12.3 Å². The van der Waals surface area contributed by atoms with Crippen LogP contribution in [-0.4, -0.2) is 30.9 Å². The average Bonchev–Trinajstić information content (AvgIpc) is 3.10. The van der Waals surface area contributed by atoms with Crippen LogP contribution in [0.3, 0.4) is 0 Å². The molecule has 124 valence electrons. The van der Waals surface area contributed by atoms with Gasteiger partial charge in [0.2, 0.25) is 11.8 Å². The number of hydrogen-bond donors (Lipinski definition) is 3. The molecule has 24 heavy (non-hydrogen) atoms. The second kappa shape index (κ2) is 6.86. The molecule has 0 saturated carbocycles. The molecule has 1 aromatic carbocycles. The number of rotatable bonds is 4. The van der Waals surface area contributed by atoms with E-state index in [1.807, 2.05) is 0 Å². The first-order valence-electron chi connectivity index (χ1n) is 7.37. The largest absolute Gasteiger partial charge is 0.467 e. The van der Waals surface area contributed by atoms with Gasteiger partial charge in [0.25, 0.3) is 0 Å². The lowest BCUT2D eigenvalue weighted by Gasteiger charge is -2.29. The van der Waals surface area contributed by atoms with Crippen molar-refractivity contribution in [3.63, 3.8) is 0 Å². The molecule has 1 aliphatic rings. The number of nitrogens with zero attached hydrogens (tertiary/aromatic N) is 1. The molecule has 0 fully saturated rings. The van der Waals surface area contributed by atoms with Gasteiger partial charge in [-0.1, -0.05) is 12.1 Å². The van der Waals surface area contributed by atoms with Gasteiger partial charge in [0.15, 0.2) is 0 Å². The van der Waals surface area contributed by atoms with Gasteiger partial charge in [-0.05, 0) is 24.3 Å². The molecule has 1 aromatic heterocycles. The van der Waals surface area contributed by atoms with E-state index in [2.05, 4.69) is 16.0 Å². The molecule has 0 aliphatic carbocycles. The molecule has 0 radical (unpaired) electrons. The van der Waals surface area contributed by atoms with E-state index in [0.717, 1.165) is 0 Å².